The molecule has 2 aliphatic rings. The number of hydrogen-bond acceptors (Lipinski definition) is 7. The van der Waals surface area contributed by atoms with Gasteiger partial charge in [-0.3, -0.25) is 20.2 Å². The maximum atomic E-state index is 4.85. The third-order valence-electron chi connectivity index (χ3n) is 7.48. The van der Waals surface area contributed by atoms with Gasteiger partial charge in [-0.2, -0.15) is 5.10 Å². The largest absolute Gasteiger partial charge is 0.339 e. The van der Waals surface area contributed by atoms with Gasteiger partial charge in [0, 0.05) is 68.9 Å². The number of benzene rings is 2. The molecule has 1 saturated heterocycles. The van der Waals surface area contributed by atoms with E-state index in [2.05, 4.69) is 92.1 Å². The SMILES string of the molecule is CCN(CC)CCN1CCN(CCn2c3ccccc3c(=NNC3=NCCS3)c3ccccc32)CC1. The lowest BCUT2D eigenvalue weighted by molar-refractivity contribution is 0.118. The zero-order chi connectivity index (χ0) is 24.7. The first-order valence-electron chi connectivity index (χ1n) is 13.4. The molecule has 0 radical (unpaired) electrons. The second-order valence-electron chi connectivity index (χ2n) is 9.50. The van der Waals surface area contributed by atoms with E-state index in [1.165, 1.54) is 48.0 Å². The van der Waals surface area contributed by atoms with Crippen LogP contribution in [0.25, 0.3) is 21.8 Å². The number of thioether (sulfide) groups is 1. The maximum Gasteiger partial charge on any atom is 0.177 e. The van der Waals surface area contributed by atoms with E-state index in [9.17, 15) is 0 Å². The molecule has 3 heterocycles. The fraction of sp³-hybridized carbons (Fsp3) is 0.500. The molecule has 0 atom stereocenters. The molecule has 1 aromatic heterocycles. The molecule has 2 aliphatic heterocycles. The number of hydrogen-bond donors (Lipinski definition) is 1. The summed E-state index contributed by atoms with van der Waals surface area (Å²) in [5, 5.41) is 9.11. The highest BCUT2D eigenvalue weighted by Gasteiger charge is 2.18. The number of likely N-dealkylation sites (N-methyl/N-ethyl adjacent to an activating group) is 1. The summed E-state index contributed by atoms with van der Waals surface area (Å²) in [5.41, 5.74) is 5.69. The highest BCUT2D eigenvalue weighted by atomic mass is 32.2. The Hall–Kier alpha value is -2.39. The van der Waals surface area contributed by atoms with Crippen molar-refractivity contribution in [2.75, 3.05) is 71.2 Å². The zero-order valence-electron chi connectivity index (χ0n) is 21.7. The van der Waals surface area contributed by atoms with Crippen LogP contribution in [0.2, 0.25) is 0 Å². The number of aromatic nitrogens is 1. The molecular weight excluding hydrogens is 466 g/mol. The van der Waals surface area contributed by atoms with Crippen LogP contribution in [0.4, 0.5) is 0 Å². The van der Waals surface area contributed by atoms with Crippen molar-refractivity contribution < 1.29 is 0 Å². The van der Waals surface area contributed by atoms with Crippen molar-refractivity contribution in [3.63, 3.8) is 0 Å². The summed E-state index contributed by atoms with van der Waals surface area (Å²) in [6.45, 7) is 16.7. The standard InChI is InChI=1S/C28H39N7S/c1-3-32(4-2)14-15-33-16-18-34(19-17-33)20-21-35-25-11-7-5-9-23(25)27(24-10-6-8-12-26(24)35)30-31-28-29-13-22-36-28/h5-12H,3-4,13-22H2,1-2H3,(H,29,31). The molecule has 5 rings (SSSR count). The molecule has 192 valence electrons. The summed E-state index contributed by atoms with van der Waals surface area (Å²) in [7, 11) is 0. The zero-order valence-corrected chi connectivity index (χ0v) is 22.5. The van der Waals surface area contributed by atoms with E-state index >= 15 is 0 Å². The van der Waals surface area contributed by atoms with E-state index in [1.54, 1.807) is 11.8 Å². The molecule has 0 spiro atoms. The Morgan fingerprint density at radius 2 is 1.47 bits per heavy atom. The molecule has 0 saturated carbocycles. The number of amidine groups is 1. The Kier molecular flexibility index (Phi) is 8.59. The monoisotopic (exact) mass is 505 g/mol. The number of nitrogens with zero attached hydrogens (tertiary/aromatic N) is 6. The molecule has 0 bridgehead atoms. The minimum atomic E-state index is 0.864. The number of pyridine rings is 1. The topological polar surface area (TPSA) is 51.4 Å². The van der Waals surface area contributed by atoms with Crippen LogP contribution in [0.3, 0.4) is 0 Å². The van der Waals surface area contributed by atoms with Gasteiger partial charge in [0.05, 0.1) is 17.6 Å². The summed E-state index contributed by atoms with van der Waals surface area (Å²) in [6, 6.07) is 17.3. The van der Waals surface area contributed by atoms with Gasteiger partial charge in [0.25, 0.3) is 0 Å². The summed E-state index contributed by atoms with van der Waals surface area (Å²) < 4.78 is 2.48. The second-order valence-corrected chi connectivity index (χ2v) is 10.6. The van der Waals surface area contributed by atoms with Gasteiger partial charge in [-0.15, -0.1) is 0 Å². The average Bonchev–Trinajstić information content (AvgIpc) is 3.45. The first-order valence-corrected chi connectivity index (χ1v) is 14.4. The van der Waals surface area contributed by atoms with Gasteiger partial charge >= 0.3 is 0 Å². The molecular formula is C28H39N7S. The van der Waals surface area contributed by atoms with E-state index < -0.39 is 0 Å². The second kappa shape index (κ2) is 12.2. The van der Waals surface area contributed by atoms with Crippen molar-refractivity contribution >= 4 is 38.7 Å². The highest BCUT2D eigenvalue weighted by molar-refractivity contribution is 8.14. The Morgan fingerprint density at radius 3 is 2.06 bits per heavy atom. The van der Waals surface area contributed by atoms with E-state index in [1.807, 2.05) is 0 Å². The number of nitrogens with one attached hydrogen (secondary N) is 1. The molecule has 3 aromatic rings. The Bertz CT molecular complexity index is 1200. The molecule has 0 amide bonds. The first kappa shape index (κ1) is 25.3. The molecule has 0 unspecified atom stereocenters. The van der Waals surface area contributed by atoms with Gasteiger partial charge in [0.1, 0.15) is 5.36 Å². The predicted octanol–water partition coefficient (Wildman–Crippen LogP) is 3.26. The van der Waals surface area contributed by atoms with Gasteiger partial charge in [-0.25, -0.2) is 0 Å². The van der Waals surface area contributed by atoms with Gasteiger partial charge < -0.3 is 9.47 Å². The predicted molar refractivity (Wildman–Crippen MR) is 154 cm³/mol. The van der Waals surface area contributed by atoms with Gasteiger partial charge in [0.15, 0.2) is 5.17 Å². The van der Waals surface area contributed by atoms with Crippen molar-refractivity contribution in [3.05, 3.63) is 53.9 Å². The Labute approximate surface area is 218 Å². The molecule has 7 nitrogen and oxygen atoms in total. The summed E-state index contributed by atoms with van der Waals surface area (Å²) in [4.78, 5) is 12.3. The maximum absolute atomic E-state index is 4.85. The smallest absolute Gasteiger partial charge is 0.177 e. The normalized spacial score (nSPS) is 17.2. The number of para-hydroxylation sites is 2. The lowest BCUT2D eigenvalue weighted by Gasteiger charge is -2.36. The molecule has 36 heavy (non-hydrogen) atoms. The van der Waals surface area contributed by atoms with Crippen molar-refractivity contribution in [1.82, 2.24) is 24.7 Å². The van der Waals surface area contributed by atoms with Crippen LogP contribution in [0, 0.1) is 0 Å². The summed E-state index contributed by atoms with van der Waals surface area (Å²) >= 11 is 1.73. The molecule has 2 aromatic carbocycles. The first-order chi connectivity index (χ1) is 17.8. The average molecular weight is 506 g/mol. The van der Waals surface area contributed by atoms with Crippen LogP contribution in [0.1, 0.15) is 13.8 Å². The highest BCUT2D eigenvalue weighted by Crippen LogP contribution is 2.20. The number of rotatable bonds is 9. The fourth-order valence-electron chi connectivity index (χ4n) is 5.26. The van der Waals surface area contributed by atoms with Crippen LogP contribution >= 0.6 is 11.8 Å². The molecule has 1 N–H and O–H groups in total. The van der Waals surface area contributed by atoms with Crippen LogP contribution in [0.15, 0.2) is 58.6 Å². The number of fused-ring (bicyclic) bond motifs is 2. The minimum Gasteiger partial charge on any atom is -0.339 e. The van der Waals surface area contributed by atoms with Crippen molar-refractivity contribution in [3.8, 4) is 0 Å². The van der Waals surface area contributed by atoms with E-state index in [4.69, 9.17) is 5.10 Å². The van der Waals surface area contributed by atoms with E-state index in [0.717, 1.165) is 62.1 Å². The fourth-order valence-corrected chi connectivity index (χ4v) is 5.93. The third-order valence-corrected chi connectivity index (χ3v) is 8.36. The Balaban J connectivity index is 1.33. The van der Waals surface area contributed by atoms with Gasteiger partial charge in [-0.1, -0.05) is 62.0 Å². The van der Waals surface area contributed by atoms with Crippen LogP contribution in [-0.2, 0) is 6.54 Å². The Morgan fingerprint density at radius 1 is 0.861 bits per heavy atom. The lowest BCUT2D eigenvalue weighted by Crippen LogP contribution is -2.49. The van der Waals surface area contributed by atoms with E-state index in [-0.39, 0.29) is 0 Å². The van der Waals surface area contributed by atoms with Crippen molar-refractivity contribution in [2.45, 2.75) is 20.4 Å². The summed E-state index contributed by atoms with van der Waals surface area (Å²) in [6.07, 6.45) is 0. The van der Waals surface area contributed by atoms with Crippen molar-refractivity contribution in [2.24, 2.45) is 10.1 Å². The van der Waals surface area contributed by atoms with Gasteiger partial charge in [-0.05, 0) is 25.2 Å². The van der Waals surface area contributed by atoms with Crippen LogP contribution in [0.5, 0.6) is 0 Å². The molecule has 8 heteroatoms. The quantitative estimate of drug-likeness (QED) is 0.357. The van der Waals surface area contributed by atoms with Gasteiger partial charge in [0.2, 0.25) is 0 Å². The minimum absolute atomic E-state index is 0.864. The summed E-state index contributed by atoms with van der Waals surface area (Å²) in [5.74, 6) is 1.03. The van der Waals surface area contributed by atoms with Crippen molar-refractivity contribution in [1.29, 1.82) is 0 Å². The molecule has 1 fully saturated rings. The molecule has 0 aliphatic carbocycles. The van der Waals surface area contributed by atoms with E-state index in [0.29, 0.717) is 0 Å². The van der Waals surface area contributed by atoms with Crippen LogP contribution < -0.4 is 10.8 Å². The number of piperazine rings is 1. The number of aliphatic imine (C=N–C) groups is 1. The third kappa shape index (κ3) is 5.78. The van der Waals surface area contributed by atoms with Crippen LogP contribution in [-0.4, -0.2) is 95.6 Å². The lowest BCUT2D eigenvalue weighted by atomic mass is 10.1.